The summed E-state index contributed by atoms with van der Waals surface area (Å²) in [5, 5.41) is 10.6. The van der Waals surface area contributed by atoms with Gasteiger partial charge in [0.25, 0.3) is 0 Å². The van der Waals surface area contributed by atoms with Crippen LogP contribution in [0.15, 0.2) is 65.6 Å². The second kappa shape index (κ2) is 10.2. The molecule has 0 spiro atoms. The third-order valence-corrected chi connectivity index (χ3v) is 7.97. The molecule has 1 unspecified atom stereocenters. The lowest BCUT2D eigenvalue weighted by molar-refractivity contribution is -0.140. The molecule has 4 rings (SSSR count). The molecule has 2 atom stereocenters. The second-order valence-corrected chi connectivity index (χ2v) is 10.3. The maximum Gasteiger partial charge on any atom is 0.323 e. The molecule has 0 saturated carbocycles. The van der Waals surface area contributed by atoms with Crippen molar-refractivity contribution in [2.24, 2.45) is 0 Å². The Morgan fingerprint density at radius 2 is 1.81 bits per heavy atom. The van der Waals surface area contributed by atoms with E-state index in [1.807, 2.05) is 56.3 Å². The number of carboxylic acid groups (broad SMARTS) is 1. The van der Waals surface area contributed by atoms with Gasteiger partial charge in [-0.3, -0.25) is 9.59 Å². The molecule has 1 heterocycles. The summed E-state index contributed by atoms with van der Waals surface area (Å²) in [6, 6.07) is 16.5. The van der Waals surface area contributed by atoms with Gasteiger partial charge in [0.1, 0.15) is 5.75 Å². The van der Waals surface area contributed by atoms with Crippen LogP contribution in [0, 0.1) is 19.7 Å². The van der Waals surface area contributed by atoms with Crippen molar-refractivity contribution in [2.75, 3.05) is 14.2 Å². The first-order valence-electron chi connectivity index (χ1n) is 11.4. The van der Waals surface area contributed by atoms with Crippen molar-refractivity contribution in [1.82, 2.24) is 4.90 Å². The van der Waals surface area contributed by atoms with E-state index in [2.05, 4.69) is 0 Å². The van der Waals surface area contributed by atoms with E-state index in [1.165, 1.54) is 25.3 Å². The van der Waals surface area contributed by atoms with Crippen LogP contribution in [-0.4, -0.2) is 40.8 Å². The maximum atomic E-state index is 14.3. The van der Waals surface area contributed by atoms with Crippen LogP contribution in [0.5, 0.6) is 11.5 Å². The smallest absolute Gasteiger partial charge is 0.323 e. The van der Waals surface area contributed by atoms with E-state index in [0.717, 1.165) is 33.3 Å². The number of carbonyl (C=O) groups is 2. The van der Waals surface area contributed by atoms with Crippen LogP contribution >= 0.6 is 11.8 Å². The zero-order chi connectivity index (χ0) is 26.0. The number of rotatable bonds is 8. The molecule has 1 aliphatic rings. The molecule has 6 nitrogen and oxygen atoms in total. The summed E-state index contributed by atoms with van der Waals surface area (Å²) in [5.41, 5.74) is 3.32. The second-order valence-electron chi connectivity index (χ2n) is 8.90. The summed E-state index contributed by atoms with van der Waals surface area (Å²) in [5.74, 6) is -1.27. The molecule has 1 amide bonds. The molecule has 36 heavy (non-hydrogen) atoms. The number of aryl methyl sites for hydroxylation is 2. The molecule has 0 bridgehead atoms. The molecule has 3 aromatic carbocycles. The number of likely N-dealkylation sites (tertiary alicyclic amines) is 1. The van der Waals surface area contributed by atoms with Crippen LogP contribution in [0.25, 0.3) is 0 Å². The molecule has 0 aliphatic carbocycles. The average molecular weight is 510 g/mol. The minimum Gasteiger partial charge on any atom is -0.497 e. The zero-order valence-corrected chi connectivity index (χ0v) is 21.4. The largest absolute Gasteiger partial charge is 0.497 e. The van der Waals surface area contributed by atoms with Gasteiger partial charge < -0.3 is 19.5 Å². The number of thioether (sulfide) groups is 1. The summed E-state index contributed by atoms with van der Waals surface area (Å²) >= 11 is 1.15. The lowest BCUT2D eigenvalue weighted by Crippen LogP contribution is -2.41. The number of hydrogen-bond donors (Lipinski definition) is 1. The Bertz CT molecular complexity index is 1300. The fraction of sp³-hybridized carbons (Fsp3) is 0.286. The average Bonchev–Trinajstić information content (AvgIpc) is 3.14. The molecule has 8 heteroatoms. The number of carbonyl (C=O) groups excluding carboxylic acids is 1. The molecule has 0 radical (unpaired) electrons. The molecular weight excluding hydrogens is 481 g/mol. The molecule has 188 valence electrons. The van der Waals surface area contributed by atoms with Crippen molar-refractivity contribution >= 4 is 23.6 Å². The van der Waals surface area contributed by atoms with Gasteiger partial charge in [-0.1, -0.05) is 29.8 Å². The number of carboxylic acids is 1. The molecule has 1 aliphatic heterocycles. The van der Waals surface area contributed by atoms with Gasteiger partial charge in [-0.2, -0.15) is 0 Å². The number of ether oxygens (including phenoxy) is 2. The first kappa shape index (κ1) is 25.6. The summed E-state index contributed by atoms with van der Waals surface area (Å²) < 4.78 is 23.2. The minimum absolute atomic E-state index is 0.00736. The number of methoxy groups -OCH3 is 2. The number of aliphatic carboxylic acids is 1. The highest BCUT2D eigenvalue weighted by atomic mass is 32.2. The van der Waals surface area contributed by atoms with Crippen molar-refractivity contribution in [3.8, 4) is 11.5 Å². The fourth-order valence-corrected chi connectivity index (χ4v) is 5.95. The van der Waals surface area contributed by atoms with E-state index in [9.17, 15) is 19.1 Å². The van der Waals surface area contributed by atoms with Gasteiger partial charge in [0.05, 0.1) is 26.7 Å². The maximum absolute atomic E-state index is 14.3. The fourth-order valence-electron chi connectivity index (χ4n) is 4.59. The number of hydrogen-bond acceptors (Lipinski definition) is 5. The van der Waals surface area contributed by atoms with Crippen LogP contribution in [0.4, 0.5) is 4.39 Å². The highest BCUT2D eigenvalue weighted by molar-refractivity contribution is 8.01. The highest BCUT2D eigenvalue weighted by Crippen LogP contribution is 2.53. The van der Waals surface area contributed by atoms with E-state index in [1.54, 1.807) is 12.0 Å². The number of halogens is 1. The Hall–Kier alpha value is -3.52. The Morgan fingerprint density at radius 1 is 1.08 bits per heavy atom. The zero-order valence-electron chi connectivity index (χ0n) is 20.6. The van der Waals surface area contributed by atoms with Crippen molar-refractivity contribution in [2.45, 2.75) is 42.5 Å². The van der Waals surface area contributed by atoms with Crippen LogP contribution < -0.4 is 9.47 Å². The number of benzene rings is 3. The monoisotopic (exact) mass is 509 g/mol. The van der Waals surface area contributed by atoms with Crippen molar-refractivity contribution in [1.29, 1.82) is 0 Å². The third-order valence-electron chi connectivity index (χ3n) is 6.55. The van der Waals surface area contributed by atoms with E-state index in [-0.39, 0.29) is 24.6 Å². The van der Waals surface area contributed by atoms with Crippen molar-refractivity contribution in [3.05, 3.63) is 88.7 Å². The standard InChI is InChI=1S/C28H28FNO5S/c1-17-5-10-22(11-6-17)36-28(27(32)33)15-25(31)30(16-20-7-9-21(34-3)13-18(20)2)26(28)19-8-12-23(29)24(14-19)35-4/h5-14,26H,15-16H2,1-4H3,(H,32,33)/t26?,28-/m1/s1. The quantitative estimate of drug-likeness (QED) is 0.429. The van der Waals surface area contributed by atoms with Crippen LogP contribution in [0.3, 0.4) is 0 Å². The SMILES string of the molecule is COc1ccc(CN2C(=O)C[C@](Sc3ccc(C)cc3)(C(=O)O)C2c2ccc(F)c(OC)c2)c(C)c1. The lowest BCUT2D eigenvalue weighted by atomic mass is 9.92. The van der Waals surface area contributed by atoms with E-state index >= 15 is 0 Å². The normalized spacial score (nSPS) is 19.4. The summed E-state index contributed by atoms with van der Waals surface area (Å²) in [4.78, 5) is 28.8. The van der Waals surface area contributed by atoms with Gasteiger partial charge in [0.15, 0.2) is 16.3 Å². The van der Waals surface area contributed by atoms with E-state index < -0.39 is 22.6 Å². The summed E-state index contributed by atoms with van der Waals surface area (Å²) in [6.07, 6.45) is -0.208. The van der Waals surface area contributed by atoms with Gasteiger partial charge in [-0.05, 0) is 66.9 Å². The molecule has 1 saturated heterocycles. The van der Waals surface area contributed by atoms with Gasteiger partial charge in [-0.15, -0.1) is 11.8 Å². The summed E-state index contributed by atoms with van der Waals surface area (Å²) in [6.45, 7) is 4.06. The van der Waals surface area contributed by atoms with E-state index in [4.69, 9.17) is 9.47 Å². The van der Waals surface area contributed by atoms with Gasteiger partial charge in [0, 0.05) is 11.4 Å². The van der Waals surface area contributed by atoms with E-state index in [0.29, 0.717) is 11.3 Å². The topological polar surface area (TPSA) is 76.1 Å². The van der Waals surface area contributed by atoms with Gasteiger partial charge in [0.2, 0.25) is 5.91 Å². The first-order valence-corrected chi connectivity index (χ1v) is 12.3. The molecule has 3 aromatic rings. The van der Waals surface area contributed by atoms with Crippen LogP contribution in [-0.2, 0) is 16.1 Å². The molecule has 1 fully saturated rings. The van der Waals surface area contributed by atoms with Gasteiger partial charge >= 0.3 is 5.97 Å². The number of amides is 1. The third kappa shape index (κ3) is 4.78. The highest BCUT2D eigenvalue weighted by Gasteiger charge is 2.58. The lowest BCUT2D eigenvalue weighted by Gasteiger charge is -2.35. The molecule has 1 N–H and O–H groups in total. The predicted molar refractivity (Wildman–Crippen MR) is 136 cm³/mol. The van der Waals surface area contributed by atoms with Gasteiger partial charge in [-0.25, -0.2) is 4.39 Å². The minimum atomic E-state index is -1.53. The first-order chi connectivity index (χ1) is 17.2. The summed E-state index contributed by atoms with van der Waals surface area (Å²) in [7, 11) is 2.94. The molecular formula is C28H28FNO5S. The Kier molecular flexibility index (Phi) is 7.26. The Balaban J connectivity index is 1.84. The van der Waals surface area contributed by atoms with Crippen molar-refractivity contribution < 1.29 is 28.6 Å². The molecule has 0 aromatic heterocycles. The van der Waals surface area contributed by atoms with Crippen molar-refractivity contribution in [3.63, 3.8) is 0 Å². The number of nitrogens with zero attached hydrogens (tertiary/aromatic N) is 1. The predicted octanol–water partition coefficient (Wildman–Crippen LogP) is 5.55. The van der Waals surface area contributed by atoms with Crippen LogP contribution in [0.2, 0.25) is 0 Å². The van der Waals surface area contributed by atoms with Crippen LogP contribution in [0.1, 0.15) is 34.7 Å². The Morgan fingerprint density at radius 3 is 2.42 bits per heavy atom. The Labute approximate surface area is 214 Å².